The molecule has 1 aliphatic rings. The summed E-state index contributed by atoms with van der Waals surface area (Å²) >= 11 is 0. The molecule has 3 rings (SSSR count). The van der Waals surface area contributed by atoms with Gasteiger partial charge in [0.1, 0.15) is 6.10 Å². The van der Waals surface area contributed by atoms with E-state index in [1.54, 1.807) is 7.11 Å². The van der Waals surface area contributed by atoms with E-state index in [4.69, 9.17) is 9.47 Å². The van der Waals surface area contributed by atoms with Gasteiger partial charge in [-0.25, -0.2) is 0 Å². The quantitative estimate of drug-likeness (QED) is 0.776. The molecular weight excluding hydrogens is 314 g/mol. The minimum Gasteiger partial charge on any atom is -0.493 e. The Balaban J connectivity index is 1.69. The van der Waals surface area contributed by atoms with Crippen LogP contribution in [0.25, 0.3) is 11.1 Å². The van der Waals surface area contributed by atoms with Gasteiger partial charge in [0, 0.05) is 25.9 Å². The minimum absolute atomic E-state index is 0.0109. The van der Waals surface area contributed by atoms with Crippen molar-refractivity contribution < 1.29 is 14.3 Å². The zero-order valence-electron chi connectivity index (χ0n) is 14.5. The van der Waals surface area contributed by atoms with E-state index in [0.29, 0.717) is 13.1 Å². The second-order valence-electron chi connectivity index (χ2n) is 6.08. The summed E-state index contributed by atoms with van der Waals surface area (Å²) in [6, 6.07) is 16.2. The Morgan fingerprint density at radius 1 is 1.08 bits per heavy atom. The van der Waals surface area contributed by atoms with Crippen LogP contribution >= 0.6 is 0 Å². The number of rotatable bonds is 5. The summed E-state index contributed by atoms with van der Waals surface area (Å²) in [6.45, 7) is 4.93. The van der Waals surface area contributed by atoms with Crippen molar-refractivity contribution in [1.29, 1.82) is 0 Å². The van der Waals surface area contributed by atoms with E-state index in [-0.39, 0.29) is 12.0 Å². The van der Waals surface area contributed by atoms with Crippen LogP contribution in [0.2, 0.25) is 0 Å². The van der Waals surface area contributed by atoms with Gasteiger partial charge in [-0.15, -0.1) is 0 Å². The van der Waals surface area contributed by atoms with E-state index < -0.39 is 0 Å². The van der Waals surface area contributed by atoms with Crippen molar-refractivity contribution in [2.45, 2.75) is 18.9 Å². The number of nitrogens with zero attached hydrogens (tertiary/aromatic N) is 1. The fraction of sp³-hybridized carbons (Fsp3) is 0.286. The summed E-state index contributed by atoms with van der Waals surface area (Å²) in [6.07, 6.45) is 3.07. The number of likely N-dealkylation sites (tertiary alicyclic amines) is 1. The largest absolute Gasteiger partial charge is 0.493 e. The van der Waals surface area contributed by atoms with Gasteiger partial charge in [0.25, 0.3) is 0 Å². The van der Waals surface area contributed by atoms with Crippen LogP contribution in [0.1, 0.15) is 12.8 Å². The van der Waals surface area contributed by atoms with E-state index >= 15 is 0 Å². The molecule has 0 aromatic heterocycles. The molecule has 2 aromatic rings. The van der Waals surface area contributed by atoms with Gasteiger partial charge < -0.3 is 14.4 Å². The highest BCUT2D eigenvalue weighted by atomic mass is 16.5. The number of benzene rings is 2. The fourth-order valence-corrected chi connectivity index (χ4v) is 3.08. The molecule has 0 aliphatic carbocycles. The van der Waals surface area contributed by atoms with Crippen LogP contribution in [0.3, 0.4) is 0 Å². The normalized spacial score (nSPS) is 14.8. The van der Waals surface area contributed by atoms with Gasteiger partial charge in [-0.2, -0.15) is 0 Å². The van der Waals surface area contributed by atoms with Crippen molar-refractivity contribution in [2.75, 3.05) is 20.2 Å². The fourth-order valence-electron chi connectivity index (χ4n) is 3.08. The third-order valence-corrected chi connectivity index (χ3v) is 4.49. The average Bonchev–Trinajstić information content (AvgIpc) is 2.69. The Labute approximate surface area is 148 Å². The molecule has 1 amide bonds. The van der Waals surface area contributed by atoms with E-state index in [1.807, 2.05) is 41.3 Å². The van der Waals surface area contributed by atoms with E-state index in [0.717, 1.165) is 35.5 Å². The first-order valence-electron chi connectivity index (χ1n) is 8.52. The number of carbonyl (C=O) groups excluding carboxylic acids is 1. The number of methoxy groups -OCH3 is 1. The predicted octanol–water partition coefficient (Wildman–Crippen LogP) is 3.92. The average molecular weight is 337 g/mol. The number of hydrogen-bond donors (Lipinski definition) is 0. The third-order valence-electron chi connectivity index (χ3n) is 4.49. The molecule has 0 unspecified atom stereocenters. The molecule has 0 bridgehead atoms. The Morgan fingerprint density at radius 3 is 2.44 bits per heavy atom. The summed E-state index contributed by atoms with van der Waals surface area (Å²) in [4.78, 5) is 13.5. The summed E-state index contributed by atoms with van der Waals surface area (Å²) in [5, 5.41) is 0. The predicted molar refractivity (Wildman–Crippen MR) is 98.9 cm³/mol. The zero-order chi connectivity index (χ0) is 17.6. The summed E-state index contributed by atoms with van der Waals surface area (Å²) in [5.41, 5.74) is 2.24. The number of amides is 1. The van der Waals surface area contributed by atoms with Crippen molar-refractivity contribution in [1.82, 2.24) is 4.90 Å². The summed E-state index contributed by atoms with van der Waals surface area (Å²) in [7, 11) is 1.66. The van der Waals surface area contributed by atoms with Crippen LogP contribution in [0.15, 0.2) is 61.2 Å². The molecule has 1 aliphatic heterocycles. The molecular formula is C21H23NO3. The Bertz CT molecular complexity index is 734. The Hall–Kier alpha value is -2.75. The molecule has 0 radical (unpaired) electrons. The van der Waals surface area contributed by atoms with Crippen molar-refractivity contribution in [2.24, 2.45) is 0 Å². The topological polar surface area (TPSA) is 38.8 Å². The minimum atomic E-state index is -0.0109. The SMILES string of the molecule is C=CC(=O)N1CCC(Oc2ccc(-c3ccccc3)cc2OC)CC1. The second-order valence-corrected chi connectivity index (χ2v) is 6.08. The van der Waals surface area contributed by atoms with Crippen LogP contribution in [0.5, 0.6) is 11.5 Å². The molecule has 25 heavy (non-hydrogen) atoms. The molecule has 4 nitrogen and oxygen atoms in total. The van der Waals surface area contributed by atoms with Crippen LogP contribution in [0.4, 0.5) is 0 Å². The number of carbonyl (C=O) groups is 1. The highest BCUT2D eigenvalue weighted by Crippen LogP contribution is 2.34. The van der Waals surface area contributed by atoms with Crippen LogP contribution < -0.4 is 9.47 Å². The maximum atomic E-state index is 11.7. The molecule has 1 heterocycles. The number of ether oxygens (including phenoxy) is 2. The second kappa shape index (κ2) is 7.88. The molecule has 0 N–H and O–H groups in total. The van der Waals surface area contributed by atoms with Gasteiger partial charge in [-0.1, -0.05) is 43.0 Å². The molecule has 0 saturated carbocycles. The smallest absolute Gasteiger partial charge is 0.245 e. The number of hydrogen-bond acceptors (Lipinski definition) is 3. The molecule has 0 spiro atoms. The maximum Gasteiger partial charge on any atom is 0.245 e. The van der Waals surface area contributed by atoms with Crippen molar-refractivity contribution >= 4 is 5.91 Å². The Morgan fingerprint density at radius 2 is 1.80 bits per heavy atom. The van der Waals surface area contributed by atoms with E-state index in [2.05, 4.69) is 18.7 Å². The Kier molecular flexibility index (Phi) is 5.39. The van der Waals surface area contributed by atoms with Crippen molar-refractivity contribution in [3.8, 4) is 22.6 Å². The molecule has 1 saturated heterocycles. The lowest BCUT2D eigenvalue weighted by atomic mass is 10.0. The van der Waals surface area contributed by atoms with E-state index in [1.165, 1.54) is 6.08 Å². The first-order chi connectivity index (χ1) is 12.2. The molecule has 130 valence electrons. The van der Waals surface area contributed by atoms with Gasteiger partial charge in [-0.05, 0) is 29.3 Å². The summed E-state index contributed by atoms with van der Waals surface area (Å²) < 4.78 is 11.7. The lowest BCUT2D eigenvalue weighted by Crippen LogP contribution is -2.41. The standard InChI is InChI=1S/C21H23NO3/c1-3-21(23)22-13-11-18(12-14-22)25-19-10-9-17(15-20(19)24-2)16-7-5-4-6-8-16/h3-10,15,18H,1,11-14H2,2H3. The van der Waals surface area contributed by atoms with Gasteiger partial charge >= 0.3 is 0 Å². The van der Waals surface area contributed by atoms with Crippen LogP contribution in [0, 0.1) is 0 Å². The maximum absolute atomic E-state index is 11.7. The lowest BCUT2D eigenvalue weighted by Gasteiger charge is -2.31. The molecule has 1 fully saturated rings. The van der Waals surface area contributed by atoms with Crippen molar-refractivity contribution in [3.05, 3.63) is 61.2 Å². The van der Waals surface area contributed by atoms with Gasteiger partial charge in [0.15, 0.2) is 11.5 Å². The van der Waals surface area contributed by atoms with Gasteiger partial charge in [0.2, 0.25) is 5.91 Å². The zero-order valence-corrected chi connectivity index (χ0v) is 14.5. The molecule has 2 aromatic carbocycles. The highest BCUT2D eigenvalue weighted by molar-refractivity contribution is 5.87. The summed E-state index contributed by atoms with van der Waals surface area (Å²) in [5.74, 6) is 1.46. The van der Waals surface area contributed by atoms with Crippen LogP contribution in [-0.2, 0) is 4.79 Å². The first-order valence-corrected chi connectivity index (χ1v) is 8.52. The molecule has 0 atom stereocenters. The van der Waals surface area contributed by atoms with Crippen molar-refractivity contribution in [3.63, 3.8) is 0 Å². The first kappa shape index (κ1) is 17.1. The third kappa shape index (κ3) is 4.02. The highest BCUT2D eigenvalue weighted by Gasteiger charge is 2.23. The number of piperidine rings is 1. The molecule has 4 heteroatoms. The van der Waals surface area contributed by atoms with Crippen LogP contribution in [-0.4, -0.2) is 37.1 Å². The monoisotopic (exact) mass is 337 g/mol. The van der Waals surface area contributed by atoms with E-state index in [9.17, 15) is 4.79 Å². The lowest BCUT2D eigenvalue weighted by molar-refractivity contribution is -0.127. The van der Waals surface area contributed by atoms with Gasteiger partial charge in [0.05, 0.1) is 7.11 Å². The van der Waals surface area contributed by atoms with Gasteiger partial charge in [-0.3, -0.25) is 4.79 Å².